The third-order valence-corrected chi connectivity index (χ3v) is 4.00. The average Bonchev–Trinajstić information content (AvgIpc) is 2.49. The highest BCUT2D eigenvalue weighted by atomic mass is 16.1. The molecule has 0 aliphatic heterocycles. The van der Waals surface area contributed by atoms with E-state index in [2.05, 4.69) is 17.4 Å². The van der Waals surface area contributed by atoms with Gasteiger partial charge in [-0.15, -0.1) is 0 Å². The molecule has 3 rings (SSSR count). The first kappa shape index (κ1) is 12.9. The van der Waals surface area contributed by atoms with Gasteiger partial charge in [0.15, 0.2) is 0 Å². The molecule has 20 heavy (non-hydrogen) atoms. The number of anilines is 1. The Bertz CT molecular complexity index is 646. The Kier molecular flexibility index (Phi) is 3.55. The lowest BCUT2D eigenvalue weighted by molar-refractivity contribution is 0.102. The van der Waals surface area contributed by atoms with Crippen LogP contribution in [0.3, 0.4) is 0 Å². The zero-order valence-corrected chi connectivity index (χ0v) is 11.8. The molecule has 2 nitrogen and oxygen atoms in total. The van der Waals surface area contributed by atoms with E-state index in [1.807, 2.05) is 37.3 Å². The Morgan fingerprint density at radius 1 is 1.00 bits per heavy atom. The summed E-state index contributed by atoms with van der Waals surface area (Å²) < 4.78 is 0. The van der Waals surface area contributed by atoms with Gasteiger partial charge in [0.1, 0.15) is 0 Å². The van der Waals surface area contributed by atoms with Gasteiger partial charge < -0.3 is 5.32 Å². The summed E-state index contributed by atoms with van der Waals surface area (Å²) in [6.07, 6.45) is 4.74. The molecule has 0 aromatic heterocycles. The largest absolute Gasteiger partial charge is 0.322 e. The van der Waals surface area contributed by atoms with Crippen LogP contribution in [-0.4, -0.2) is 5.91 Å². The number of hydrogen-bond donors (Lipinski definition) is 1. The molecule has 0 heterocycles. The van der Waals surface area contributed by atoms with Crippen LogP contribution in [-0.2, 0) is 12.8 Å². The second-order valence-electron chi connectivity index (χ2n) is 5.46. The first-order chi connectivity index (χ1) is 9.74. The zero-order chi connectivity index (χ0) is 13.9. The number of fused-ring (bicyclic) bond motifs is 1. The van der Waals surface area contributed by atoms with Crippen molar-refractivity contribution in [2.24, 2.45) is 0 Å². The minimum Gasteiger partial charge on any atom is -0.322 e. The molecule has 0 fully saturated rings. The number of carbonyl (C=O) groups is 1. The van der Waals surface area contributed by atoms with Crippen LogP contribution in [0.25, 0.3) is 0 Å². The highest BCUT2D eigenvalue weighted by molar-refractivity contribution is 6.04. The molecule has 0 spiro atoms. The Balaban J connectivity index is 1.82. The maximum atomic E-state index is 12.3. The van der Waals surface area contributed by atoms with Crippen LogP contribution in [0.2, 0.25) is 0 Å². The summed E-state index contributed by atoms with van der Waals surface area (Å²) in [6, 6.07) is 14.0. The quantitative estimate of drug-likeness (QED) is 0.869. The van der Waals surface area contributed by atoms with Crippen LogP contribution in [0.1, 0.15) is 39.9 Å². The summed E-state index contributed by atoms with van der Waals surface area (Å²) in [5.74, 6) is -0.0207. The van der Waals surface area contributed by atoms with Crippen molar-refractivity contribution in [1.82, 2.24) is 0 Å². The number of rotatable bonds is 2. The molecule has 102 valence electrons. The van der Waals surface area contributed by atoms with Gasteiger partial charge in [0, 0.05) is 11.3 Å². The van der Waals surface area contributed by atoms with Gasteiger partial charge in [-0.05, 0) is 67.5 Å². The van der Waals surface area contributed by atoms with Crippen molar-refractivity contribution in [1.29, 1.82) is 0 Å². The molecular formula is C18H19NO. The van der Waals surface area contributed by atoms with E-state index >= 15 is 0 Å². The van der Waals surface area contributed by atoms with E-state index in [9.17, 15) is 4.79 Å². The van der Waals surface area contributed by atoms with E-state index in [0.29, 0.717) is 0 Å². The zero-order valence-electron chi connectivity index (χ0n) is 11.8. The SMILES string of the molecule is Cc1ccccc1NC(=O)c1ccc2c(c1)CCCC2. The molecule has 0 saturated carbocycles. The Morgan fingerprint density at radius 3 is 2.55 bits per heavy atom. The number of benzene rings is 2. The normalized spacial score (nSPS) is 13.7. The fourth-order valence-electron chi connectivity index (χ4n) is 2.78. The molecule has 0 saturated heterocycles. The number of para-hydroxylation sites is 1. The summed E-state index contributed by atoms with van der Waals surface area (Å²) in [7, 11) is 0. The fourth-order valence-corrected chi connectivity index (χ4v) is 2.78. The van der Waals surface area contributed by atoms with Crippen LogP contribution >= 0.6 is 0 Å². The maximum Gasteiger partial charge on any atom is 0.255 e. The van der Waals surface area contributed by atoms with E-state index in [0.717, 1.165) is 29.7 Å². The van der Waals surface area contributed by atoms with Gasteiger partial charge in [-0.3, -0.25) is 4.79 Å². The molecule has 0 bridgehead atoms. The highest BCUT2D eigenvalue weighted by Gasteiger charge is 2.13. The van der Waals surface area contributed by atoms with Gasteiger partial charge in [-0.25, -0.2) is 0 Å². The fraction of sp³-hybridized carbons (Fsp3) is 0.278. The molecule has 0 atom stereocenters. The lowest BCUT2D eigenvalue weighted by atomic mass is 9.90. The number of nitrogens with one attached hydrogen (secondary N) is 1. The molecule has 2 aromatic carbocycles. The average molecular weight is 265 g/mol. The van der Waals surface area contributed by atoms with Gasteiger partial charge in [0.2, 0.25) is 0 Å². The van der Waals surface area contributed by atoms with Crippen molar-refractivity contribution >= 4 is 11.6 Å². The number of hydrogen-bond acceptors (Lipinski definition) is 1. The molecule has 1 amide bonds. The molecule has 1 aliphatic rings. The number of carbonyl (C=O) groups excluding carboxylic acids is 1. The van der Waals surface area contributed by atoms with Crippen molar-refractivity contribution < 1.29 is 4.79 Å². The van der Waals surface area contributed by atoms with Crippen molar-refractivity contribution in [3.8, 4) is 0 Å². The van der Waals surface area contributed by atoms with Gasteiger partial charge in [-0.2, -0.15) is 0 Å². The van der Waals surface area contributed by atoms with Crippen LogP contribution in [0.5, 0.6) is 0 Å². The number of amides is 1. The van der Waals surface area contributed by atoms with Crippen molar-refractivity contribution in [3.05, 3.63) is 64.7 Å². The van der Waals surface area contributed by atoms with Crippen LogP contribution in [0, 0.1) is 6.92 Å². The summed E-state index contributed by atoms with van der Waals surface area (Å²) in [4.78, 5) is 12.3. The summed E-state index contributed by atoms with van der Waals surface area (Å²) in [5.41, 5.74) is 5.47. The van der Waals surface area contributed by atoms with Gasteiger partial charge in [0.05, 0.1) is 0 Å². The lowest BCUT2D eigenvalue weighted by Crippen LogP contribution is -2.14. The van der Waals surface area contributed by atoms with E-state index in [1.165, 1.54) is 24.0 Å². The third-order valence-electron chi connectivity index (χ3n) is 4.00. The van der Waals surface area contributed by atoms with Crippen molar-refractivity contribution in [2.75, 3.05) is 5.32 Å². The molecular weight excluding hydrogens is 246 g/mol. The molecule has 1 N–H and O–H groups in total. The molecule has 2 aromatic rings. The van der Waals surface area contributed by atoms with Crippen molar-refractivity contribution in [2.45, 2.75) is 32.6 Å². The summed E-state index contributed by atoms with van der Waals surface area (Å²) in [6.45, 7) is 2.00. The van der Waals surface area contributed by atoms with Crippen LogP contribution in [0.4, 0.5) is 5.69 Å². The van der Waals surface area contributed by atoms with E-state index in [-0.39, 0.29) is 5.91 Å². The minimum atomic E-state index is -0.0207. The molecule has 1 aliphatic carbocycles. The minimum absolute atomic E-state index is 0.0207. The van der Waals surface area contributed by atoms with Gasteiger partial charge >= 0.3 is 0 Å². The van der Waals surface area contributed by atoms with E-state index in [4.69, 9.17) is 0 Å². The molecule has 0 radical (unpaired) electrons. The monoisotopic (exact) mass is 265 g/mol. The van der Waals surface area contributed by atoms with E-state index in [1.54, 1.807) is 0 Å². The topological polar surface area (TPSA) is 29.1 Å². The second kappa shape index (κ2) is 5.49. The van der Waals surface area contributed by atoms with Crippen LogP contribution in [0.15, 0.2) is 42.5 Å². The van der Waals surface area contributed by atoms with Gasteiger partial charge in [0.25, 0.3) is 5.91 Å². The summed E-state index contributed by atoms with van der Waals surface area (Å²) >= 11 is 0. The number of aryl methyl sites for hydroxylation is 3. The molecule has 0 unspecified atom stereocenters. The van der Waals surface area contributed by atoms with Crippen molar-refractivity contribution in [3.63, 3.8) is 0 Å². The van der Waals surface area contributed by atoms with Crippen LogP contribution < -0.4 is 5.32 Å². The highest BCUT2D eigenvalue weighted by Crippen LogP contribution is 2.23. The Hall–Kier alpha value is -2.09. The Morgan fingerprint density at radius 2 is 1.75 bits per heavy atom. The maximum absolute atomic E-state index is 12.3. The molecule has 2 heteroatoms. The second-order valence-corrected chi connectivity index (χ2v) is 5.46. The van der Waals surface area contributed by atoms with E-state index < -0.39 is 0 Å². The smallest absolute Gasteiger partial charge is 0.255 e. The predicted molar refractivity (Wildman–Crippen MR) is 82.2 cm³/mol. The summed E-state index contributed by atoms with van der Waals surface area (Å²) in [5, 5.41) is 2.99. The first-order valence-corrected chi connectivity index (χ1v) is 7.23. The Labute approximate surface area is 119 Å². The lowest BCUT2D eigenvalue weighted by Gasteiger charge is -2.16. The third kappa shape index (κ3) is 2.60. The standard InChI is InChI=1S/C18H19NO/c1-13-6-2-5-9-17(13)19-18(20)16-11-10-14-7-3-4-8-15(14)12-16/h2,5-6,9-12H,3-4,7-8H2,1H3,(H,19,20). The van der Waals surface area contributed by atoms with Gasteiger partial charge in [-0.1, -0.05) is 24.3 Å². The first-order valence-electron chi connectivity index (χ1n) is 7.23. The predicted octanol–water partition coefficient (Wildman–Crippen LogP) is 4.13.